The van der Waals surface area contributed by atoms with E-state index in [4.69, 9.17) is 0 Å². The summed E-state index contributed by atoms with van der Waals surface area (Å²) in [6.07, 6.45) is -3.94. The van der Waals surface area contributed by atoms with E-state index in [2.05, 4.69) is 0 Å². The Kier molecular flexibility index (Phi) is 4.69. The van der Waals surface area contributed by atoms with Crippen LogP contribution in [0.25, 0.3) is 0 Å². The molecule has 0 saturated heterocycles. The van der Waals surface area contributed by atoms with E-state index >= 15 is 0 Å². The van der Waals surface area contributed by atoms with Crippen molar-refractivity contribution in [3.63, 3.8) is 0 Å². The van der Waals surface area contributed by atoms with Crippen LogP contribution >= 0.6 is 11.3 Å². The third-order valence-corrected chi connectivity index (χ3v) is 6.24. The molecule has 1 aliphatic carbocycles. The van der Waals surface area contributed by atoms with Gasteiger partial charge in [-0.1, -0.05) is 26.0 Å². The van der Waals surface area contributed by atoms with Crippen LogP contribution in [-0.4, -0.2) is 11.7 Å². The van der Waals surface area contributed by atoms with Crippen LogP contribution in [0.15, 0.2) is 52.4 Å². The Morgan fingerprint density at radius 2 is 1.83 bits per heavy atom. The van der Waals surface area contributed by atoms with Crippen LogP contribution in [0.5, 0.6) is 0 Å². The van der Waals surface area contributed by atoms with Crippen LogP contribution in [-0.2, 0) is 15.8 Å². The molecule has 0 fully saturated rings. The third kappa shape index (κ3) is 3.52. The highest BCUT2D eigenvalue weighted by Crippen LogP contribution is 2.50. The van der Waals surface area contributed by atoms with E-state index < -0.39 is 29.0 Å². The molecule has 0 unspecified atom stereocenters. The lowest BCUT2D eigenvalue weighted by atomic mass is 9.69. The normalized spacial score (nSPS) is 22.1. The molecule has 29 heavy (non-hydrogen) atoms. The van der Waals surface area contributed by atoms with Gasteiger partial charge in [0.05, 0.1) is 11.3 Å². The summed E-state index contributed by atoms with van der Waals surface area (Å²) in [6, 6.07) is 6.95. The highest BCUT2D eigenvalue weighted by Gasteiger charge is 2.46. The summed E-state index contributed by atoms with van der Waals surface area (Å²) in [4.78, 5) is 27.4. The molecule has 3 nitrogen and oxygen atoms in total. The number of carbonyl (C=O) groups is 2. The van der Waals surface area contributed by atoms with Crippen molar-refractivity contribution < 1.29 is 22.8 Å². The van der Waals surface area contributed by atoms with E-state index in [1.807, 2.05) is 30.7 Å². The van der Waals surface area contributed by atoms with E-state index in [1.54, 1.807) is 0 Å². The van der Waals surface area contributed by atoms with E-state index in [1.165, 1.54) is 29.5 Å². The summed E-state index contributed by atoms with van der Waals surface area (Å²) in [7, 11) is 0. The first kappa shape index (κ1) is 19.9. The number of halogens is 3. The number of anilines is 1. The maximum atomic E-state index is 13.7. The molecule has 152 valence electrons. The predicted molar refractivity (Wildman–Crippen MR) is 106 cm³/mol. The number of ketones is 1. The van der Waals surface area contributed by atoms with Crippen LogP contribution in [0.1, 0.15) is 50.2 Å². The molecule has 2 aromatic rings. The van der Waals surface area contributed by atoms with Crippen molar-refractivity contribution in [3.8, 4) is 0 Å². The standard InChI is InChI=1S/C22H20F3NO2S/c1-21(2)10-17-20(18(27)11-21)14(13-7-8-29-12-13)9-19(28)26(17)16-6-4-3-5-15(16)22(23,24)25/h3-8,12,14H,9-11H2,1-2H3/t14-/m0/s1. The quantitative estimate of drug-likeness (QED) is 0.605. The molecule has 0 radical (unpaired) electrons. The first-order valence-corrected chi connectivity index (χ1v) is 10.3. The number of carbonyl (C=O) groups excluding carboxylic acids is 2. The van der Waals surface area contributed by atoms with E-state index in [9.17, 15) is 22.8 Å². The molecule has 0 N–H and O–H groups in total. The zero-order valence-electron chi connectivity index (χ0n) is 16.0. The van der Waals surface area contributed by atoms with Gasteiger partial charge in [0.2, 0.25) is 5.91 Å². The maximum Gasteiger partial charge on any atom is 0.418 e. The minimum atomic E-state index is -4.60. The molecule has 2 aliphatic rings. The predicted octanol–water partition coefficient (Wildman–Crippen LogP) is 5.93. The van der Waals surface area contributed by atoms with Gasteiger partial charge < -0.3 is 0 Å². The SMILES string of the molecule is CC1(C)CC(=O)C2=C(C1)N(c1ccccc1C(F)(F)F)C(=O)C[C@H]2c1ccsc1. The zero-order chi connectivity index (χ0) is 21.0. The third-order valence-electron chi connectivity index (χ3n) is 5.54. The van der Waals surface area contributed by atoms with Crippen molar-refractivity contribution in [2.24, 2.45) is 5.41 Å². The monoisotopic (exact) mass is 419 g/mol. The first-order valence-electron chi connectivity index (χ1n) is 9.36. The van der Waals surface area contributed by atoms with Crippen molar-refractivity contribution in [2.75, 3.05) is 4.90 Å². The second-order valence-electron chi connectivity index (χ2n) is 8.36. The lowest BCUT2D eigenvalue weighted by Gasteiger charge is -2.43. The van der Waals surface area contributed by atoms with Crippen molar-refractivity contribution in [2.45, 2.75) is 45.2 Å². The minimum Gasteiger partial charge on any atom is -0.294 e. The number of rotatable bonds is 2. The van der Waals surface area contributed by atoms with Crippen LogP contribution < -0.4 is 4.90 Å². The number of alkyl halides is 3. The number of hydrogen-bond donors (Lipinski definition) is 0. The highest BCUT2D eigenvalue weighted by molar-refractivity contribution is 7.08. The second kappa shape index (κ2) is 6.83. The van der Waals surface area contributed by atoms with Gasteiger partial charge in [0.1, 0.15) is 0 Å². The Balaban J connectivity index is 1.94. The summed E-state index contributed by atoms with van der Waals surface area (Å²) in [6.45, 7) is 3.81. The van der Waals surface area contributed by atoms with Crippen molar-refractivity contribution >= 4 is 28.7 Å². The van der Waals surface area contributed by atoms with Crippen molar-refractivity contribution in [1.29, 1.82) is 0 Å². The molecular weight excluding hydrogens is 399 g/mol. The van der Waals surface area contributed by atoms with Gasteiger partial charge in [0.25, 0.3) is 0 Å². The highest BCUT2D eigenvalue weighted by atomic mass is 32.1. The molecule has 0 spiro atoms. The Hall–Kier alpha value is -2.41. The van der Waals surface area contributed by atoms with Gasteiger partial charge in [-0.05, 0) is 46.4 Å². The Morgan fingerprint density at radius 3 is 2.48 bits per heavy atom. The number of Topliss-reactive ketones (excluding diaryl/α,β-unsaturated/α-hetero) is 1. The largest absolute Gasteiger partial charge is 0.418 e. The van der Waals surface area contributed by atoms with Gasteiger partial charge in [-0.3, -0.25) is 14.5 Å². The van der Waals surface area contributed by atoms with Crippen LogP contribution in [0.3, 0.4) is 0 Å². The number of hydrogen-bond acceptors (Lipinski definition) is 3. The molecule has 1 aromatic heterocycles. The number of nitrogens with zero attached hydrogens (tertiary/aromatic N) is 1. The summed E-state index contributed by atoms with van der Waals surface area (Å²) in [5.74, 6) is -0.904. The molecule has 1 atom stereocenters. The molecule has 0 bridgehead atoms. The topological polar surface area (TPSA) is 37.4 Å². The average molecular weight is 419 g/mol. The van der Waals surface area contributed by atoms with Crippen LogP contribution in [0, 0.1) is 5.41 Å². The molecule has 0 saturated carbocycles. The molecule has 7 heteroatoms. The number of benzene rings is 1. The molecular formula is C22H20F3NO2S. The van der Waals surface area contributed by atoms with Gasteiger partial charge >= 0.3 is 6.18 Å². The van der Waals surface area contributed by atoms with E-state index in [0.717, 1.165) is 16.5 Å². The minimum absolute atomic E-state index is 0.0199. The van der Waals surface area contributed by atoms with E-state index in [-0.39, 0.29) is 17.9 Å². The van der Waals surface area contributed by atoms with Gasteiger partial charge in [0.15, 0.2) is 5.78 Å². The Bertz CT molecular complexity index is 1010. The Morgan fingerprint density at radius 1 is 1.10 bits per heavy atom. The van der Waals surface area contributed by atoms with Gasteiger partial charge in [-0.2, -0.15) is 24.5 Å². The van der Waals surface area contributed by atoms with Gasteiger partial charge in [-0.15, -0.1) is 0 Å². The van der Waals surface area contributed by atoms with Crippen molar-refractivity contribution in [3.05, 3.63) is 63.5 Å². The fourth-order valence-electron chi connectivity index (χ4n) is 4.36. The number of thiophene rings is 1. The average Bonchev–Trinajstić information content (AvgIpc) is 3.13. The Labute approximate surface area is 170 Å². The van der Waals surface area contributed by atoms with Crippen LogP contribution in [0.4, 0.5) is 18.9 Å². The fraction of sp³-hybridized carbons (Fsp3) is 0.364. The first-order chi connectivity index (χ1) is 13.6. The summed E-state index contributed by atoms with van der Waals surface area (Å²) in [5.41, 5.74) is 0.261. The maximum absolute atomic E-state index is 13.7. The number of para-hydroxylation sites is 1. The van der Waals surface area contributed by atoms with Gasteiger partial charge in [-0.25, -0.2) is 0 Å². The molecule has 1 amide bonds. The number of amides is 1. The van der Waals surface area contributed by atoms with Crippen LogP contribution in [0.2, 0.25) is 0 Å². The van der Waals surface area contributed by atoms with Gasteiger partial charge in [0, 0.05) is 30.0 Å². The summed E-state index contributed by atoms with van der Waals surface area (Å²) in [5, 5.41) is 3.78. The van der Waals surface area contributed by atoms with E-state index in [0.29, 0.717) is 24.1 Å². The molecule has 1 aromatic carbocycles. The zero-order valence-corrected chi connectivity index (χ0v) is 16.9. The smallest absolute Gasteiger partial charge is 0.294 e. The summed E-state index contributed by atoms with van der Waals surface area (Å²) >= 11 is 1.47. The molecule has 4 rings (SSSR count). The lowest BCUT2D eigenvalue weighted by molar-refractivity contribution is -0.137. The lowest BCUT2D eigenvalue weighted by Crippen LogP contribution is -2.44. The number of allylic oxidation sites excluding steroid dienone is 2. The van der Waals surface area contributed by atoms with Crippen molar-refractivity contribution in [1.82, 2.24) is 0 Å². The second-order valence-corrected chi connectivity index (χ2v) is 9.14. The fourth-order valence-corrected chi connectivity index (χ4v) is 5.08. The molecule has 2 heterocycles. The summed E-state index contributed by atoms with van der Waals surface area (Å²) < 4.78 is 41.0. The molecule has 1 aliphatic heterocycles.